The Bertz CT molecular complexity index is 390. The largest absolute Gasteiger partial charge is 0.383 e. The van der Waals surface area contributed by atoms with E-state index in [1.165, 1.54) is 32.1 Å². The number of aromatic nitrogens is 2. The molecule has 1 unspecified atom stereocenters. The number of nitrogens with two attached hydrogens (primary N) is 1. The Kier molecular flexibility index (Phi) is 5.63. The summed E-state index contributed by atoms with van der Waals surface area (Å²) >= 11 is 6.30. The van der Waals surface area contributed by atoms with Gasteiger partial charge < -0.3 is 4.74 Å². The first-order valence-corrected chi connectivity index (χ1v) is 7.32. The number of rotatable bonds is 6. The van der Waals surface area contributed by atoms with Gasteiger partial charge in [0.15, 0.2) is 0 Å². The van der Waals surface area contributed by atoms with Gasteiger partial charge in [-0.05, 0) is 18.8 Å². The molecule has 19 heavy (non-hydrogen) atoms. The highest BCUT2D eigenvalue weighted by Gasteiger charge is 2.28. The Labute approximate surface area is 119 Å². The van der Waals surface area contributed by atoms with Gasteiger partial charge in [-0.25, -0.2) is 0 Å². The molecule has 2 rings (SSSR count). The van der Waals surface area contributed by atoms with Crippen molar-refractivity contribution in [2.45, 2.75) is 44.7 Å². The molecule has 108 valence electrons. The van der Waals surface area contributed by atoms with Crippen molar-refractivity contribution < 1.29 is 4.74 Å². The number of nitrogens with one attached hydrogen (secondary N) is 1. The first kappa shape index (κ1) is 14.8. The first-order chi connectivity index (χ1) is 9.27. The summed E-state index contributed by atoms with van der Waals surface area (Å²) in [7, 11) is 1.69. The van der Waals surface area contributed by atoms with Crippen LogP contribution in [0.5, 0.6) is 0 Å². The molecule has 0 radical (unpaired) electrons. The molecule has 1 atom stereocenters. The molecule has 0 aliphatic heterocycles. The second kappa shape index (κ2) is 7.24. The van der Waals surface area contributed by atoms with Crippen molar-refractivity contribution in [3.63, 3.8) is 0 Å². The lowest BCUT2D eigenvalue weighted by atomic mass is 9.83. The Morgan fingerprint density at radius 2 is 2.26 bits per heavy atom. The number of hydrogen-bond donors (Lipinski definition) is 2. The van der Waals surface area contributed by atoms with E-state index in [0.29, 0.717) is 24.1 Å². The number of methoxy groups -OCH3 is 1. The van der Waals surface area contributed by atoms with Gasteiger partial charge in [0.1, 0.15) is 0 Å². The second-order valence-electron chi connectivity index (χ2n) is 5.14. The van der Waals surface area contributed by atoms with E-state index in [1.54, 1.807) is 13.3 Å². The zero-order valence-electron chi connectivity index (χ0n) is 11.4. The Balaban J connectivity index is 2.18. The van der Waals surface area contributed by atoms with Gasteiger partial charge in [0, 0.05) is 7.11 Å². The fourth-order valence-electron chi connectivity index (χ4n) is 2.94. The van der Waals surface area contributed by atoms with Gasteiger partial charge in [-0.15, -0.1) is 0 Å². The van der Waals surface area contributed by atoms with Gasteiger partial charge in [-0.2, -0.15) is 5.10 Å². The fraction of sp³-hybridized carbons (Fsp3) is 0.769. The summed E-state index contributed by atoms with van der Waals surface area (Å²) in [5, 5.41) is 5.01. The third-order valence-electron chi connectivity index (χ3n) is 3.94. The van der Waals surface area contributed by atoms with Gasteiger partial charge in [0.2, 0.25) is 0 Å². The van der Waals surface area contributed by atoms with Crippen LogP contribution in [0.15, 0.2) is 6.20 Å². The van der Waals surface area contributed by atoms with Crippen LogP contribution in [0.3, 0.4) is 0 Å². The highest BCUT2D eigenvalue weighted by molar-refractivity contribution is 6.31. The summed E-state index contributed by atoms with van der Waals surface area (Å²) in [6.45, 7) is 1.32. The van der Waals surface area contributed by atoms with Crippen LogP contribution in [0.1, 0.15) is 43.8 Å². The summed E-state index contributed by atoms with van der Waals surface area (Å²) in [4.78, 5) is 0. The topological polar surface area (TPSA) is 65.1 Å². The summed E-state index contributed by atoms with van der Waals surface area (Å²) in [6, 6.07) is 0.0761. The zero-order valence-corrected chi connectivity index (χ0v) is 12.2. The molecule has 0 aromatic carbocycles. The standard InChI is InChI=1S/C13H23ClN4O/c1-19-8-7-18-13(11(14)9-16-18)12(17-15)10-5-3-2-4-6-10/h9-10,12,17H,2-8,15H2,1H3. The minimum atomic E-state index is 0.0761. The number of halogens is 1. The van der Waals surface area contributed by atoms with E-state index in [2.05, 4.69) is 10.5 Å². The van der Waals surface area contributed by atoms with Gasteiger partial charge in [0.05, 0.1) is 36.1 Å². The maximum atomic E-state index is 6.30. The molecule has 1 heterocycles. The summed E-state index contributed by atoms with van der Waals surface area (Å²) in [5.41, 5.74) is 3.94. The lowest BCUT2D eigenvalue weighted by Crippen LogP contribution is -2.36. The molecule has 0 saturated heterocycles. The third kappa shape index (κ3) is 3.48. The first-order valence-electron chi connectivity index (χ1n) is 6.94. The zero-order chi connectivity index (χ0) is 13.7. The minimum absolute atomic E-state index is 0.0761. The molecule has 3 N–H and O–H groups in total. The van der Waals surface area contributed by atoms with Gasteiger partial charge in [0.25, 0.3) is 0 Å². The SMILES string of the molecule is COCCn1ncc(Cl)c1C(NN)C1CCCCC1. The molecular formula is C13H23ClN4O. The molecule has 1 aliphatic carbocycles. The van der Waals surface area contributed by atoms with Crippen molar-refractivity contribution in [2.75, 3.05) is 13.7 Å². The predicted molar refractivity (Wildman–Crippen MR) is 75.8 cm³/mol. The normalized spacial score (nSPS) is 18.7. The molecule has 0 bridgehead atoms. The Morgan fingerprint density at radius 1 is 1.53 bits per heavy atom. The number of nitrogens with zero attached hydrogens (tertiary/aromatic N) is 2. The molecule has 1 aromatic heterocycles. The minimum Gasteiger partial charge on any atom is -0.383 e. The Morgan fingerprint density at radius 3 is 2.89 bits per heavy atom. The van der Waals surface area contributed by atoms with Crippen molar-refractivity contribution >= 4 is 11.6 Å². The van der Waals surface area contributed by atoms with Crippen molar-refractivity contribution in [1.82, 2.24) is 15.2 Å². The number of hydrazine groups is 1. The monoisotopic (exact) mass is 286 g/mol. The van der Waals surface area contributed by atoms with E-state index in [0.717, 1.165) is 5.69 Å². The van der Waals surface area contributed by atoms with E-state index < -0.39 is 0 Å². The lowest BCUT2D eigenvalue weighted by molar-refractivity contribution is 0.179. The van der Waals surface area contributed by atoms with Gasteiger partial charge in [-0.3, -0.25) is 16.0 Å². The van der Waals surface area contributed by atoms with Crippen LogP contribution in [0.2, 0.25) is 5.02 Å². The highest BCUT2D eigenvalue weighted by atomic mass is 35.5. The quantitative estimate of drug-likeness (QED) is 0.622. The highest BCUT2D eigenvalue weighted by Crippen LogP contribution is 2.36. The van der Waals surface area contributed by atoms with Crippen LogP contribution in [0.4, 0.5) is 0 Å². The van der Waals surface area contributed by atoms with Gasteiger partial charge >= 0.3 is 0 Å². The van der Waals surface area contributed by atoms with E-state index in [9.17, 15) is 0 Å². The van der Waals surface area contributed by atoms with Crippen LogP contribution in [0.25, 0.3) is 0 Å². The van der Waals surface area contributed by atoms with Crippen LogP contribution in [0, 0.1) is 5.92 Å². The molecule has 1 fully saturated rings. The number of ether oxygens (including phenoxy) is 1. The van der Waals surface area contributed by atoms with Crippen LogP contribution in [-0.2, 0) is 11.3 Å². The van der Waals surface area contributed by atoms with E-state index in [-0.39, 0.29) is 6.04 Å². The summed E-state index contributed by atoms with van der Waals surface area (Å²) in [5.74, 6) is 6.32. The van der Waals surface area contributed by atoms with Crippen LogP contribution < -0.4 is 11.3 Å². The molecule has 5 nitrogen and oxygen atoms in total. The molecule has 0 spiro atoms. The molecule has 1 aliphatic rings. The average molecular weight is 287 g/mol. The maximum Gasteiger partial charge on any atom is 0.0834 e. The van der Waals surface area contributed by atoms with Crippen molar-refractivity contribution in [3.05, 3.63) is 16.9 Å². The molecule has 1 saturated carbocycles. The Hall–Kier alpha value is -0.620. The number of hydrogen-bond acceptors (Lipinski definition) is 4. The van der Waals surface area contributed by atoms with Crippen molar-refractivity contribution in [2.24, 2.45) is 11.8 Å². The van der Waals surface area contributed by atoms with Crippen molar-refractivity contribution in [3.8, 4) is 0 Å². The molecular weight excluding hydrogens is 264 g/mol. The van der Waals surface area contributed by atoms with E-state index >= 15 is 0 Å². The fourth-order valence-corrected chi connectivity index (χ4v) is 3.20. The summed E-state index contributed by atoms with van der Waals surface area (Å²) in [6.07, 6.45) is 7.95. The second-order valence-corrected chi connectivity index (χ2v) is 5.54. The molecule has 0 amide bonds. The molecule has 1 aromatic rings. The molecule has 6 heteroatoms. The van der Waals surface area contributed by atoms with Gasteiger partial charge in [-0.1, -0.05) is 30.9 Å². The predicted octanol–water partition coefficient (Wildman–Crippen LogP) is 2.27. The van der Waals surface area contributed by atoms with E-state index in [4.69, 9.17) is 22.2 Å². The third-order valence-corrected chi connectivity index (χ3v) is 4.23. The average Bonchev–Trinajstić information content (AvgIpc) is 2.80. The lowest BCUT2D eigenvalue weighted by Gasteiger charge is -2.30. The van der Waals surface area contributed by atoms with Crippen LogP contribution in [-0.4, -0.2) is 23.5 Å². The van der Waals surface area contributed by atoms with E-state index in [1.807, 2.05) is 4.68 Å². The van der Waals surface area contributed by atoms with Crippen LogP contribution >= 0.6 is 11.6 Å². The smallest absolute Gasteiger partial charge is 0.0834 e. The summed E-state index contributed by atoms with van der Waals surface area (Å²) < 4.78 is 7.02. The van der Waals surface area contributed by atoms with Crippen molar-refractivity contribution in [1.29, 1.82) is 0 Å². The maximum absolute atomic E-state index is 6.30.